The van der Waals surface area contributed by atoms with E-state index in [-0.39, 0.29) is 29.0 Å². The van der Waals surface area contributed by atoms with Gasteiger partial charge in [-0.05, 0) is 58.2 Å². The number of hydrogen-bond acceptors (Lipinski definition) is 2. The third kappa shape index (κ3) is 2.82. The van der Waals surface area contributed by atoms with E-state index in [0.29, 0.717) is 5.56 Å². The number of rotatable bonds is 2. The number of benzene rings is 1. The van der Waals surface area contributed by atoms with Gasteiger partial charge in [0.25, 0.3) is 0 Å². The summed E-state index contributed by atoms with van der Waals surface area (Å²) in [6.07, 6.45) is 0.914. The van der Waals surface area contributed by atoms with Crippen LogP contribution in [-0.4, -0.2) is 11.2 Å². The van der Waals surface area contributed by atoms with Gasteiger partial charge in [0.15, 0.2) is 0 Å². The zero-order valence-electron chi connectivity index (χ0n) is 12.5. The van der Waals surface area contributed by atoms with Crippen LogP contribution in [0.4, 0.5) is 4.39 Å². The van der Waals surface area contributed by atoms with Gasteiger partial charge in [-0.1, -0.05) is 12.1 Å². The molecule has 1 saturated heterocycles. The molecule has 1 aromatic carbocycles. The van der Waals surface area contributed by atoms with E-state index in [1.807, 2.05) is 6.07 Å². The van der Waals surface area contributed by atoms with E-state index >= 15 is 0 Å². The molecule has 2 N–H and O–H groups in total. The third-order valence-electron chi connectivity index (χ3n) is 4.14. The molecule has 0 saturated carbocycles. The molecule has 2 rings (SSSR count). The Morgan fingerprint density at radius 3 is 2.42 bits per heavy atom. The van der Waals surface area contributed by atoms with Gasteiger partial charge in [-0.15, -0.1) is 0 Å². The molecule has 0 amide bonds. The summed E-state index contributed by atoms with van der Waals surface area (Å²) in [6.45, 7) is 10.1. The Morgan fingerprint density at radius 1 is 1.32 bits per heavy atom. The van der Waals surface area contributed by atoms with E-state index in [4.69, 9.17) is 10.5 Å². The Hall–Kier alpha value is -0.930. The summed E-state index contributed by atoms with van der Waals surface area (Å²) in [5, 5.41) is 0. The molecule has 0 bridgehead atoms. The van der Waals surface area contributed by atoms with Gasteiger partial charge < -0.3 is 10.5 Å². The van der Waals surface area contributed by atoms with Crippen molar-refractivity contribution in [1.82, 2.24) is 0 Å². The average Bonchev–Trinajstić information content (AvgIpc) is 2.49. The molecular weight excluding hydrogens is 241 g/mol. The highest BCUT2D eigenvalue weighted by Crippen LogP contribution is 2.46. The van der Waals surface area contributed by atoms with E-state index in [9.17, 15) is 4.39 Å². The lowest BCUT2D eigenvalue weighted by Gasteiger charge is -2.31. The topological polar surface area (TPSA) is 35.2 Å². The highest BCUT2D eigenvalue weighted by atomic mass is 19.1. The molecule has 1 heterocycles. The van der Waals surface area contributed by atoms with Crippen molar-refractivity contribution in [3.63, 3.8) is 0 Å². The van der Waals surface area contributed by atoms with Crippen molar-refractivity contribution in [3.05, 3.63) is 35.1 Å². The van der Waals surface area contributed by atoms with E-state index in [2.05, 4.69) is 27.7 Å². The molecule has 19 heavy (non-hydrogen) atoms. The summed E-state index contributed by atoms with van der Waals surface area (Å²) in [5.74, 6) is 0.0468. The SMILES string of the molecule is Cc1cc(C(N)C2CC(C)(C)OC2(C)C)ccc1F. The number of hydrogen-bond donors (Lipinski definition) is 1. The molecule has 2 nitrogen and oxygen atoms in total. The lowest BCUT2D eigenvalue weighted by atomic mass is 9.79. The molecule has 3 heteroatoms. The van der Waals surface area contributed by atoms with Gasteiger partial charge >= 0.3 is 0 Å². The first kappa shape index (κ1) is 14.5. The molecule has 1 fully saturated rings. The molecule has 2 unspecified atom stereocenters. The minimum atomic E-state index is -0.259. The molecule has 1 aliphatic heterocycles. The standard InChI is InChI=1S/C16H24FNO/c1-10-8-11(6-7-13(10)17)14(18)12-9-15(2,3)19-16(12,4)5/h6-8,12,14H,9,18H2,1-5H3. The van der Waals surface area contributed by atoms with Crippen molar-refractivity contribution in [3.8, 4) is 0 Å². The Morgan fingerprint density at radius 2 is 1.95 bits per heavy atom. The van der Waals surface area contributed by atoms with Crippen LogP contribution < -0.4 is 5.73 Å². The predicted octanol–water partition coefficient (Wildman–Crippen LogP) is 3.73. The maximum atomic E-state index is 13.3. The average molecular weight is 265 g/mol. The van der Waals surface area contributed by atoms with Crippen LogP contribution in [0.15, 0.2) is 18.2 Å². The summed E-state index contributed by atoms with van der Waals surface area (Å²) in [7, 11) is 0. The zero-order valence-corrected chi connectivity index (χ0v) is 12.5. The van der Waals surface area contributed by atoms with E-state index in [1.54, 1.807) is 13.0 Å². The lowest BCUT2D eigenvalue weighted by Crippen LogP contribution is -2.35. The summed E-state index contributed by atoms with van der Waals surface area (Å²) in [5.41, 5.74) is 7.63. The van der Waals surface area contributed by atoms with Gasteiger partial charge in [0.05, 0.1) is 11.2 Å². The largest absolute Gasteiger partial charge is 0.369 e. The lowest BCUT2D eigenvalue weighted by molar-refractivity contribution is -0.0767. The van der Waals surface area contributed by atoms with Crippen LogP contribution >= 0.6 is 0 Å². The summed E-state index contributed by atoms with van der Waals surface area (Å²) in [4.78, 5) is 0. The van der Waals surface area contributed by atoms with E-state index in [0.717, 1.165) is 12.0 Å². The third-order valence-corrected chi connectivity index (χ3v) is 4.14. The first-order valence-electron chi connectivity index (χ1n) is 6.84. The van der Waals surface area contributed by atoms with Crippen molar-refractivity contribution < 1.29 is 9.13 Å². The molecule has 1 aliphatic rings. The summed E-state index contributed by atoms with van der Waals surface area (Å²) < 4.78 is 19.4. The molecule has 0 aromatic heterocycles. The van der Waals surface area contributed by atoms with Gasteiger partial charge in [0.1, 0.15) is 5.82 Å². The minimum absolute atomic E-state index is 0.129. The Labute approximate surface area is 115 Å². The van der Waals surface area contributed by atoms with Gasteiger partial charge in [-0.3, -0.25) is 0 Å². The molecule has 0 aliphatic carbocycles. The number of aryl methyl sites for hydroxylation is 1. The highest BCUT2D eigenvalue weighted by molar-refractivity contribution is 5.27. The number of ether oxygens (including phenoxy) is 1. The second-order valence-corrected chi connectivity index (χ2v) is 6.81. The molecule has 0 spiro atoms. The molecule has 1 aromatic rings. The molecule has 0 radical (unpaired) electrons. The Kier molecular flexibility index (Phi) is 3.48. The van der Waals surface area contributed by atoms with E-state index in [1.165, 1.54) is 6.07 Å². The quantitative estimate of drug-likeness (QED) is 0.884. The number of nitrogens with two attached hydrogens (primary N) is 1. The first-order chi connectivity index (χ1) is 8.62. The first-order valence-corrected chi connectivity index (χ1v) is 6.84. The Bertz CT molecular complexity index is 482. The highest BCUT2D eigenvalue weighted by Gasteiger charge is 2.48. The van der Waals surface area contributed by atoms with Crippen molar-refractivity contribution in [2.45, 2.75) is 58.3 Å². The van der Waals surface area contributed by atoms with Gasteiger partial charge in [0, 0.05) is 12.0 Å². The van der Waals surface area contributed by atoms with Crippen molar-refractivity contribution in [2.75, 3.05) is 0 Å². The molecule has 106 valence electrons. The van der Waals surface area contributed by atoms with Crippen molar-refractivity contribution >= 4 is 0 Å². The van der Waals surface area contributed by atoms with Gasteiger partial charge in [-0.25, -0.2) is 4.39 Å². The van der Waals surface area contributed by atoms with Gasteiger partial charge in [0.2, 0.25) is 0 Å². The van der Waals surface area contributed by atoms with Crippen LogP contribution in [0, 0.1) is 18.7 Å². The monoisotopic (exact) mass is 265 g/mol. The van der Waals surface area contributed by atoms with Crippen molar-refractivity contribution in [1.29, 1.82) is 0 Å². The smallest absolute Gasteiger partial charge is 0.126 e. The Balaban J connectivity index is 2.28. The fourth-order valence-corrected chi connectivity index (χ4v) is 3.27. The van der Waals surface area contributed by atoms with Crippen LogP contribution in [0.1, 0.15) is 51.3 Å². The summed E-state index contributed by atoms with van der Waals surface area (Å²) >= 11 is 0. The predicted molar refractivity (Wildman–Crippen MR) is 75.4 cm³/mol. The molecule has 2 atom stereocenters. The van der Waals surface area contributed by atoms with Crippen LogP contribution in [0.5, 0.6) is 0 Å². The zero-order chi connectivity index (χ0) is 14.4. The number of halogens is 1. The fraction of sp³-hybridized carbons (Fsp3) is 0.625. The van der Waals surface area contributed by atoms with Crippen LogP contribution in [0.3, 0.4) is 0 Å². The maximum absolute atomic E-state index is 13.3. The second-order valence-electron chi connectivity index (χ2n) is 6.81. The normalized spacial score (nSPS) is 26.4. The van der Waals surface area contributed by atoms with Gasteiger partial charge in [-0.2, -0.15) is 0 Å². The maximum Gasteiger partial charge on any atom is 0.126 e. The minimum Gasteiger partial charge on any atom is -0.369 e. The van der Waals surface area contributed by atoms with Crippen molar-refractivity contribution in [2.24, 2.45) is 11.7 Å². The van der Waals surface area contributed by atoms with Crippen LogP contribution in [0.2, 0.25) is 0 Å². The van der Waals surface area contributed by atoms with Crippen LogP contribution in [-0.2, 0) is 4.74 Å². The fourth-order valence-electron chi connectivity index (χ4n) is 3.27. The summed E-state index contributed by atoms with van der Waals surface area (Å²) in [6, 6.07) is 5.00. The van der Waals surface area contributed by atoms with E-state index < -0.39 is 0 Å². The van der Waals surface area contributed by atoms with Crippen LogP contribution in [0.25, 0.3) is 0 Å². The molecular formula is C16H24FNO. The second kappa shape index (κ2) is 4.57.